The average molecular weight is 281 g/mol. The molecule has 1 aliphatic heterocycles. The highest BCUT2D eigenvalue weighted by Gasteiger charge is 2.23. The molecule has 0 spiro atoms. The molecule has 0 radical (unpaired) electrons. The van der Waals surface area contributed by atoms with Crippen LogP contribution in [-0.2, 0) is 4.79 Å². The van der Waals surface area contributed by atoms with Crippen LogP contribution in [0.1, 0.15) is 19.8 Å². The fraction of sp³-hybridized carbons (Fsp3) is 0.462. The number of anilines is 1. The van der Waals surface area contributed by atoms with Gasteiger partial charge in [-0.2, -0.15) is 0 Å². The van der Waals surface area contributed by atoms with Crippen LogP contribution in [0.15, 0.2) is 18.2 Å². The number of hydrogen-bond acceptors (Lipinski definition) is 4. The number of nitrogens with zero attached hydrogens (tertiary/aromatic N) is 2. The van der Waals surface area contributed by atoms with Gasteiger partial charge in [0.2, 0.25) is 5.91 Å². The van der Waals surface area contributed by atoms with Gasteiger partial charge in [-0.1, -0.05) is 0 Å². The second-order valence-electron chi connectivity index (χ2n) is 4.85. The van der Waals surface area contributed by atoms with Crippen LogP contribution in [0.5, 0.6) is 0 Å². The summed E-state index contributed by atoms with van der Waals surface area (Å²) in [5.41, 5.74) is -0.106. The van der Waals surface area contributed by atoms with Crippen LogP contribution in [0.4, 0.5) is 15.8 Å². The Morgan fingerprint density at radius 2 is 2.05 bits per heavy atom. The zero-order chi connectivity index (χ0) is 14.7. The lowest BCUT2D eigenvalue weighted by Crippen LogP contribution is -2.39. The molecule has 1 fully saturated rings. The molecule has 1 saturated heterocycles. The molecule has 1 amide bonds. The van der Waals surface area contributed by atoms with Crippen LogP contribution < -0.4 is 5.32 Å². The van der Waals surface area contributed by atoms with Crippen molar-refractivity contribution in [1.29, 1.82) is 0 Å². The minimum atomic E-state index is -0.706. The van der Waals surface area contributed by atoms with Crippen molar-refractivity contribution in [3.63, 3.8) is 0 Å². The molecular weight excluding hydrogens is 265 g/mol. The van der Waals surface area contributed by atoms with Gasteiger partial charge in [0, 0.05) is 24.8 Å². The number of likely N-dealkylation sites (tertiary alicyclic amines) is 1. The first kappa shape index (κ1) is 14.2. The molecule has 0 aliphatic carbocycles. The summed E-state index contributed by atoms with van der Waals surface area (Å²) in [5, 5.41) is 13.5. The van der Waals surface area contributed by atoms with E-state index in [0.29, 0.717) is 0 Å². The van der Waals surface area contributed by atoms with Crippen molar-refractivity contribution in [2.75, 3.05) is 18.4 Å². The molecule has 2 rings (SSSR count). The minimum Gasteiger partial charge on any atom is -0.374 e. The summed E-state index contributed by atoms with van der Waals surface area (Å²) in [4.78, 5) is 23.8. The number of hydrogen-bond donors (Lipinski definition) is 1. The van der Waals surface area contributed by atoms with E-state index in [1.165, 1.54) is 6.07 Å². The van der Waals surface area contributed by atoms with E-state index in [-0.39, 0.29) is 17.3 Å². The Kier molecular flexibility index (Phi) is 4.16. The normalized spacial score (nSPS) is 16.0. The Morgan fingerprint density at radius 3 is 2.65 bits per heavy atom. The molecule has 1 N–H and O–H groups in total. The van der Waals surface area contributed by atoms with Gasteiger partial charge in [-0.15, -0.1) is 0 Å². The quantitative estimate of drug-likeness (QED) is 0.677. The summed E-state index contributed by atoms with van der Waals surface area (Å²) in [6, 6.07) is 2.66. The van der Waals surface area contributed by atoms with Crippen LogP contribution in [0, 0.1) is 15.9 Å². The maximum atomic E-state index is 13.3. The third kappa shape index (κ3) is 3.23. The van der Waals surface area contributed by atoms with Crippen molar-refractivity contribution in [1.82, 2.24) is 4.90 Å². The van der Waals surface area contributed by atoms with Crippen molar-refractivity contribution in [2.24, 2.45) is 0 Å². The van der Waals surface area contributed by atoms with E-state index in [2.05, 4.69) is 5.32 Å². The van der Waals surface area contributed by atoms with Gasteiger partial charge >= 0.3 is 0 Å². The van der Waals surface area contributed by atoms with Crippen LogP contribution in [-0.4, -0.2) is 34.9 Å². The lowest BCUT2D eigenvalue weighted by molar-refractivity contribution is -0.385. The van der Waals surface area contributed by atoms with Gasteiger partial charge in [0.15, 0.2) is 0 Å². The standard InChI is InChI=1S/C13H16FN3O3/c1-9(13(18)16-4-2-3-5-16)15-11-6-10(14)7-12(8-11)17(19)20/h6-9,15H,2-5H2,1H3. The second kappa shape index (κ2) is 5.85. The van der Waals surface area contributed by atoms with Crippen LogP contribution in [0.25, 0.3) is 0 Å². The minimum absolute atomic E-state index is 0.0746. The van der Waals surface area contributed by atoms with Gasteiger partial charge in [0.1, 0.15) is 11.9 Å². The smallest absolute Gasteiger partial charge is 0.274 e. The summed E-state index contributed by atoms with van der Waals surface area (Å²) >= 11 is 0. The largest absolute Gasteiger partial charge is 0.374 e. The first-order valence-electron chi connectivity index (χ1n) is 6.47. The predicted octanol–water partition coefficient (Wildman–Crippen LogP) is 2.16. The van der Waals surface area contributed by atoms with E-state index in [1.807, 2.05) is 0 Å². The van der Waals surface area contributed by atoms with E-state index in [9.17, 15) is 19.3 Å². The Hall–Kier alpha value is -2.18. The predicted molar refractivity (Wildman–Crippen MR) is 72.0 cm³/mol. The van der Waals surface area contributed by atoms with E-state index >= 15 is 0 Å². The van der Waals surface area contributed by atoms with Gasteiger partial charge in [-0.05, 0) is 25.8 Å². The lowest BCUT2D eigenvalue weighted by atomic mass is 10.2. The van der Waals surface area contributed by atoms with E-state index in [0.717, 1.165) is 38.1 Å². The molecule has 20 heavy (non-hydrogen) atoms. The molecule has 1 heterocycles. The Bertz CT molecular complexity index is 530. The molecule has 1 aliphatic rings. The molecule has 6 nitrogen and oxygen atoms in total. The zero-order valence-corrected chi connectivity index (χ0v) is 11.1. The SMILES string of the molecule is CC(Nc1cc(F)cc([N+](=O)[O-])c1)C(=O)N1CCCC1. The molecule has 0 saturated carbocycles. The van der Waals surface area contributed by atoms with Crippen molar-refractivity contribution in [2.45, 2.75) is 25.8 Å². The molecule has 1 aromatic carbocycles. The maximum Gasteiger partial charge on any atom is 0.274 e. The Morgan fingerprint density at radius 1 is 1.40 bits per heavy atom. The van der Waals surface area contributed by atoms with E-state index < -0.39 is 16.8 Å². The third-order valence-corrected chi connectivity index (χ3v) is 3.26. The molecule has 7 heteroatoms. The monoisotopic (exact) mass is 281 g/mol. The molecule has 0 aromatic heterocycles. The lowest BCUT2D eigenvalue weighted by Gasteiger charge is -2.21. The number of amides is 1. The maximum absolute atomic E-state index is 13.3. The average Bonchev–Trinajstić information content (AvgIpc) is 2.90. The molecule has 0 bridgehead atoms. The number of rotatable bonds is 4. The highest BCUT2D eigenvalue weighted by Crippen LogP contribution is 2.21. The summed E-state index contributed by atoms with van der Waals surface area (Å²) in [6.07, 6.45) is 1.98. The number of nitro groups is 1. The Balaban J connectivity index is 2.08. The molecule has 1 unspecified atom stereocenters. The van der Waals surface area contributed by atoms with Gasteiger partial charge in [-0.25, -0.2) is 4.39 Å². The number of carbonyl (C=O) groups is 1. The van der Waals surface area contributed by atoms with Gasteiger partial charge < -0.3 is 10.2 Å². The summed E-state index contributed by atoms with van der Waals surface area (Å²) in [6.45, 7) is 3.12. The number of nitro benzene ring substituents is 1. The van der Waals surface area contributed by atoms with Gasteiger partial charge in [0.05, 0.1) is 11.0 Å². The number of nitrogens with one attached hydrogen (secondary N) is 1. The van der Waals surface area contributed by atoms with E-state index in [4.69, 9.17) is 0 Å². The fourth-order valence-electron chi connectivity index (χ4n) is 2.29. The fourth-order valence-corrected chi connectivity index (χ4v) is 2.29. The number of carbonyl (C=O) groups excluding carboxylic acids is 1. The molecule has 108 valence electrons. The molecule has 1 atom stereocenters. The number of halogens is 1. The zero-order valence-electron chi connectivity index (χ0n) is 11.1. The second-order valence-corrected chi connectivity index (χ2v) is 4.85. The number of non-ortho nitro benzene ring substituents is 1. The number of benzene rings is 1. The topological polar surface area (TPSA) is 75.5 Å². The van der Waals surface area contributed by atoms with E-state index in [1.54, 1.807) is 11.8 Å². The van der Waals surface area contributed by atoms with Crippen molar-refractivity contribution in [3.05, 3.63) is 34.1 Å². The van der Waals surface area contributed by atoms with Gasteiger partial charge in [-0.3, -0.25) is 14.9 Å². The summed E-state index contributed by atoms with van der Waals surface area (Å²) in [7, 11) is 0. The van der Waals surface area contributed by atoms with Crippen molar-refractivity contribution >= 4 is 17.3 Å². The third-order valence-electron chi connectivity index (χ3n) is 3.26. The first-order chi connectivity index (χ1) is 9.47. The van der Waals surface area contributed by atoms with Crippen molar-refractivity contribution in [3.8, 4) is 0 Å². The van der Waals surface area contributed by atoms with Crippen LogP contribution in [0.3, 0.4) is 0 Å². The Labute approximate surface area is 115 Å². The summed E-state index contributed by atoms with van der Waals surface area (Å²) in [5.74, 6) is -0.781. The highest BCUT2D eigenvalue weighted by molar-refractivity contribution is 5.84. The van der Waals surface area contributed by atoms with Crippen LogP contribution in [0.2, 0.25) is 0 Å². The first-order valence-corrected chi connectivity index (χ1v) is 6.47. The molecular formula is C13H16FN3O3. The van der Waals surface area contributed by atoms with Crippen LogP contribution >= 0.6 is 0 Å². The van der Waals surface area contributed by atoms with Crippen molar-refractivity contribution < 1.29 is 14.1 Å². The highest BCUT2D eigenvalue weighted by atomic mass is 19.1. The van der Waals surface area contributed by atoms with Gasteiger partial charge in [0.25, 0.3) is 5.69 Å². The molecule has 1 aromatic rings. The summed E-state index contributed by atoms with van der Waals surface area (Å²) < 4.78 is 13.3.